The van der Waals surface area contributed by atoms with Crippen molar-refractivity contribution < 1.29 is 0 Å². The van der Waals surface area contributed by atoms with E-state index in [0.29, 0.717) is 0 Å². The summed E-state index contributed by atoms with van der Waals surface area (Å²) in [6, 6.07) is 29.7. The molecule has 0 aliphatic heterocycles. The molecule has 3 heteroatoms. The van der Waals surface area contributed by atoms with Crippen LogP contribution < -0.4 is 11.7 Å². The molecular formula is C22H25ClN2. The van der Waals surface area contributed by atoms with E-state index in [0.717, 1.165) is 0 Å². The molecule has 2 nitrogen and oxygen atoms in total. The normalized spacial score (nSPS) is 10.4. The minimum absolute atomic E-state index is 0.246. The maximum absolute atomic E-state index is 4.64. The van der Waals surface area contributed by atoms with Gasteiger partial charge < -0.3 is 0 Å². The molecule has 1 unspecified atom stereocenters. The molecule has 3 rings (SSSR count). The molecule has 130 valence electrons. The molecule has 4 N–H and O–H groups in total. The Morgan fingerprint density at radius 2 is 1.08 bits per heavy atom. The highest BCUT2D eigenvalue weighted by Crippen LogP contribution is 2.28. The summed E-state index contributed by atoms with van der Waals surface area (Å²) in [6.07, 6.45) is 3.48. The van der Waals surface area contributed by atoms with E-state index in [1.54, 1.807) is 0 Å². The second-order valence-electron chi connectivity index (χ2n) is 5.11. The summed E-state index contributed by atoms with van der Waals surface area (Å²) in [5.41, 5.74) is 5.05. The van der Waals surface area contributed by atoms with Crippen LogP contribution in [0.25, 0.3) is 11.1 Å². The summed E-state index contributed by atoms with van der Waals surface area (Å²) < 4.78 is 0. The molecule has 0 saturated carbocycles. The van der Waals surface area contributed by atoms with Crippen LogP contribution in [0.5, 0.6) is 0 Å². The van der Waals surface area contributed by atoms with Crippen molar-refractivity contribution in [3.05, 3.63) is 109 Å². The zero-order chi connectivity index (χ0) is 18.5. The van der Waals surface area contributed by atoms with Crippen LogP contribution in [-0.4, -0.2) is 6.38 Å². The molecule has 0 amide bonds. The molecule has 0 aromatic heterocycles. The topological polar surface area (TPSA) is 52.0 Å². The van der Waals surface area contributed by atoms with Gasteiger partial charge in [-0.25, -0.2) is 0 Å². The van der Waals surface area contributed by atoms with Gasteiger partial charge in [-0.2, -0.15) is 0 Å². The zero-order valence-electron chi connectivity index (χ0n) is 14.5. The molecule has 25 heavy (non-hydrogen) atoms. The summed E-state index contributed by atoms with van der Waals surface area (Å²) in [5, 5.41) is 0. The Kier molecular flexibility index (Phi) is 9.95. The summed E-state index contributed by atoms with van der Waals surface area (Å²) in [7, 11) is 0. The van der Waals surface area contributed by atoms with Crippen molar-refractivity contribution in [2.75, 3.05) is 6.38 Å². The lowest BCUT2D eigenvalue weighted by Crippen LogP contribution is -2.02. The summed E-state index contributed by atoms with van der Waals surface area (Å²) in [4.78, 5) is 0. The number of benzene rings is 3. The third-order valence-electron chi connectivity index (χ3n) is 3.77. The van der Waals surface area contributed by atoms with E-state index >= 15 is 0 Å². The van der Waals surface area contributed by atoms with Crippen LogP contribution in [0.2, 0.25) is 0 Å². The van der Waals surface area contributed by atoms with E-state index in [1.807, 2.05) is 18.2 Å². The molecular weight excluding hydrogens is 328 g/mol. The number of hydrogen-bond donors (Lipinski definition) is 2. The highest BCUT2D eigenvalue weighted by Gasteiger charge is 2.09. The van der Waals surface area contributed by atoms with Gasteiger partial charge in [0.15, 0.2) is 0 Å². The highest BCUT2D eigenvalue weighted by molar-refractivity contribution is 6.15. The largest absolute Gasteiger partial charge is 0.274 e. The van der Waals surface area contributed by atoms with E-state index in [1.165, 1.54) is 28.6 Å². The Bertz CT molecular complexity index is 710. The predicted molar refractivity (Wildman–Crippen MR) is 111 cm³/mol. The lowest BCUT2D eigenvalue weighted by molar-refractivity contribution is 1.03. The van der Waals surface area contributed by atoms with Gasteiger partial charge in [0.05, 0.1) is 0 Å². The number of rotatable bonds is 4. The number of allylic oxidation sites excluding steroid dienone is 1. The van der Waals surface area contributed by atoms with Gasteiger partial charge in [0, 0.05) is 12.3 Å². The van der Waals surface area contributed by atoms with E-state index in [2.05, 4.69) is 103 Å². The molecule has 0 bridgehead atoms. The van der Waals surface area contributed by atoms with E-state index in [-0.39, 0.29) is 5.92 Å². The molecule has 3 aromatic carbocycles. The second-order valence-corrected chi connectivity index (χ2v) is 5.11. The fraction of sp³-hybridized carbons (Fsp3) is 0.0909. The zero-order valence-corrected chi connectivity index (χ0v) is 15.2. The minimum Gasteiger partial charge on any atom is -0.274 e. The van der Waals surface area contributed by atoms with Crippen LogP contribution in [-0.2, 0) is 0 Å². The number of hydrogen-bond acceptors (Lipinski definition) is 2. The molecule has 0 aliphatic rings. The van der Waals surface area contributed by atoms with Gasteiger partial charge in [0.25, 0.3) is 0 Å². The van der Waals surface area contributed by atoms with Crippen molar-refractivity contribution in [3.63, 3.8) is 0 Å². The first-order chi connectivity index (χ1) is 12.4. The Labute approximate surface area is 155 Å². The first-order valence-electron chi connectivity index (χ1n) is 7.92. The fourth-order valence-corrected chi connectivity index (χ4v) is 2.64. The highest BCUT2D eigenvalue weighted by atomic mass is 35.5. The lowest BCUT2D eigenvalue weighted by Gasteiger charge is -2.14. The van der Waals surface area contributed by atoms with E-state index < -0.39 is 0 Å². The SMILES string of the molecule is C=CC(c1ccccc1)c1ccc(-c2ccccc2)cc1.CCl.NN. The fourth-order valence-electron chi connectivity index (χ4n) is 2.64. The first kappa shape index (κ1) is 20.7. The maximum Gasteiger partial charge on any atom is 0.0266 e. The number of nitrogens with two attached hydrogens (primary N) is 2. The Morgan fingerprint density at radius 3 is 1.56 bits per heavy atom. The molecule has 0 spiro atoms. The van der Waals surface area contributed by atoms with Crippen molar-refractivity contribution in [2.45, 2.75) is 5.92 Å². The van der Waals surface area contributed by atoms with Crippen molar-refractivity contribution >= 4 is 11.6 Å². The van der Waals surface area contributed by atoms with Crippen LogP contribution in [0.4, 0.5) is 0 Å². The molecule has 3 aromatic rings. The lowest BCUT2D eigenvalue weighted by atomic mass is 9.90. The standard InChI is InChI=1S/C21H18.CH3Cl.H4N2/c1-2-21(19-11-7-4-8-12-19)20-15-13-18(14-16-20)17-9-5-3-6-10-17;2*1-2/h2-16,21H,1H2;1H3;1-2H2. The summed E-state index contributed by atoms with van der Waals surface area (Å²) >= 11 is 4.64. The van der Waals surface area contributed by atoms with Gasteiger partial charge in [0.1, 0.15) is 0 Å². The average Bonchev–Trinajstić information content (AvgIpc) is 2.74. The molecule has 0 fully saturated rings. The first-order valence-corrected chi connectivity index (χ1v) is 8.68. The van der Waals surface area contributed by atoms with Crippen LogP contribution in [0, 0.1) is 0 Å². The van der Waals surface area contributed by atoms with Crippen LogP contribution in [0.3, 0.4) is 0 Å². The van der Waals surface area contributed by atoms with Crippen molar-refractivity contribution in [1.29, 1.82) is 0 Å². The molecule has 0 saturated heterocycles. The molecule has 0 radical (unpaired) electrons. The van der Waals surface area contributed by atoms with E-state index in [4.69, 9.17) is 0 Å². The molecule has 1 atom stereocenters. The smallest absolute Gasteiger partial charge is 0.0266 e. The Balaban J connectivity index is 0.000000730. The number of hydrazine groups is 1. The third kappa shape index (κ3) is 5.87. The van der Waals surface area contributed by atoms with E-state index in [9.17, 15) is 0 Å². The van der Waals surface area contributed by atoms with Crippen molar-refractivity contribution in [2.24, 2.45) is 11.7 Å². The Hall–Kier alpha value is -2.39. The predicted octanol–water partition coefficient (Wildman–Crippen LogP) is 5.35. The van der Waals surface area contributed by atoms with Gasteiger partial charge >= 0.3 is 0 Å². The van der Waals surface area contributed by atoms with Gasteiger partial charge in [-0.15, -0.1) is 18.2 Å². The summed E-state index contributed by atoms with van der Waals surface area (Å²) in [5.74, 6) is 8.25. The number of halogens is 1. The third-order valence-corrected chi connectivity index (χ3v) is 3.77. The van der Waals surface area contributed by atoms with Crippen LogP contribution in [0.15, 0.2) is 97.6 Å². The molecule has 0 aliphatic carbocycles. The molecule has 0 heterocycles. The Morgan fingerprint density at radius 1 is 0.680 bits per heavy atom. The quantitative estimate of drug-likeness (QED) is 0.288. The van der Waals surface area contributed by atoms with Gasteiger partial charge in [-0.05, 0) is 22.3 Å². The van der Waals surface area contributed by atoms with Crippen LogP contribution in [0.1, 0.15) is 17.0 Å². The van der Waals surface area contributed by atoms with Crippen molar-refractivity contribution in [3.8, 4) is 11.1 Å². The van der Waals surface area contributed by atoms with Crippen molar-refractivity contribution in [1.82, 2.24) is 0 Å². The van der Waals surface area contributed by atoms with Gasteiger partial charge in [-0.3, -0.25) is 11.7 Å². The summed E-state index contributed by atoms with van der Waals surface area (Å²) in [6.45, 7) is 3.99. The second kappa shape index (κ2) is 12.0. The van der Waals surface area contributed by atoms with Gasteiger partial charge in [0.2, 0.25) is 0 Å². The van der Waals surface area contributed by atoms with Crippen LogP contribution >= 0.6 is 11.6 Å². The maximum atomic E-state index is 4.64. The number of alkyl halides is 1. The van der Waals surface area contributed by atoms with Gasteiger partial charge in [-0.1, -0.05) is 91.0 Å². The monoisotopic (exact) mass is 352 g/mol. The average molecular weight is 353 g/mol. The minimum atomic E-state index is 0.246.